The second-order valence-electron chi connectivity index (χ2n) is 7.94. The van der Waals surface area contributed by atoms with Crippen LogP contribution in [0.1, 0.15) is 25.3 Å². The van der Waals surface area contributed by atoms with Crippen molar-refractivity contribution in [3.05, 3.63) is 48.0 Å². The first-order valence-electron chi connectivity index (χ1n) is 10.4. The van der Waals surface area contributed by atoms with Crippen molar-refractivity contribution in [2.75, 3.05) is 19.8 Å². The van der Waals surface area contributed by atoms with E-state index in [0.29, 0.717) is 6.42 Å². The van der Waals surface area contributed by atoms with Gasteiger partial charge in [-0.25, -0.2) is 0 Å². The van der Waals surface area contributed by atoms with Gasteiger partial charge in [0.1, 0.15) is 12.1 Å². The molecule has 1 saturated heterocycles. The highest BCUT2D eigenvalue weighted by Gasteiger charge is 2.34. The van der Waals surface area contributed by atoms with E-state index in [4.69, 9.17) is 19.9 Å². The molecule has 8 heteroatoms. The van der Waals surface area contributed by atoms with Gasteiger partial charge in [0.25, 0.3) is 0 Å². The molecule has 0 saturated carbocycles. The first-order valence-corrected chi connectivity index (χ1v) is 10.4. The van der Waals surface area contributed by atoms with Crippen molar-refractivity contribution < 1.29 is 32.2 Å². The van der Waals surface area contributed by atoms with Crippen LogP contribution in [0.5, 0.6) is 0 Å². The molecular formula is C23H28F3NO4. The Hall–Kier alpha value is -2.16. The van der Waals surface area contributed by atoms with Crippen LogP contribution in [-0.4, -0.2) is 50.2 Å². The third kappa shape index (κ3) is 6.66. The first-order chi connectivity index (χ1) is 14.7. The molecule has 170 valence electrons. The Morgan fingerprint density at radius 3 is 2.65 bits per heavy atom. The van der Waals surface area contributed by atoms with Gasteiger partial charge in [0.05, 0.1) is 19.3 Å². The minimum atomic E-state index is -4.24. The highest BCUT2D eigenvalue weighted by molar-refractivity contribution is 5.85. The van der Waals surface area contributed by atoms with Crippen LogP contribution in [0.3, 0.4) is 0 Å². The number of nitrogens with two attached hydrogens (primary N) is 1. The van der Waals surface area contributed by atoms with E-state index in [1.54, 1.807) is 6.92 Å². The van der Waals surface area contributed by atoms with E-state index in [1.165, 1.54) is 0 Å². The van der Waals surface area contributed by atoms with Crippen LogP contribution in [0, 0.1) is 5.92 Å². The molecule has 1 aliphatic rings. The van der Waals surface area contributed by atoms with Crippen molar-refractivity contribution in [1.29, 1.82) is 0 Å². The molecule has 31 heavy (non-hydrogen) atoms. The van der Waals surface area contributed by atoms with E-state index >= 15 is 0 Å². The average Bonchev–Trinajstić information content (AvgIpc) is 2.76. The average molecular weight is 439 g/mol. The fourth-order valence-electron chi connectivity index (χ4n) is 3.92. The zero-order valence-electron chi connectivity index (χ0n) is 17.4. The molecular weight excluding hydrogens is 411 g/mol. The van der Waals surface area contributed by atoms with Crippen LogP contribution in [0.15, 0.2) is 42.5 Å². The molecule has 0 bridgehead atoms. The number of hydrogen-bond donors (Lipinski definition) is 1. The van der Waals surface area contributed by atoms with Crippen LogP contribution < -0.4 is 5.73 Å². The number of cyclic esters (lactones) is 1. The molecule has 1 fully saturated rings. The quantitative estimate of drug-likeness (QED) is 0.544. The van der Waals surface area contributed by atoms with Gasteiger partial charge in [-0.3, -0.25) is 4.79 Å². The van der Waals surface area contributed by atoms with Gasteiger partial charge in [0, 0.05) is 18.9 Å². The largest absolute Gasteiger partial charge is 0.459 e. The maximum Gasteiger partial charge on any atom is 0.389 e. The van der Waals surface area contributed by atoms with E-state index in [1.807, 2.05) is 42.5 Å². The van der Waals surface area contributed by atoms with Gasteiger partial charge in [-0.15, -0.1) is 0 Å². The van der Waals surface area contributed by atoms with Crippen molar-refractivity contribution in [1.82, 2.24) is 0 Å². The van der Waals surface area contributed by atoms with Gasteiger partial charge in [-0.2, -0.15) is 13.2 Å². The standard InChI is InChI=1S/C23H28F3NO4/c1-15-21(30-11-5-10-23(24,25)26)18(13-29-14-20(27)22(28)31-15)12-17-8-4-7-16-6-2-3-9-19(16)17/h2-4,6-9,15,18,20-21H,5,10-14,27H2,1H3. The first kappa shape index (κ1) is 23.5. The molecule has 0 aromatic heterocycles. The summed E-state index contributed by atoms with van der Waals surface area (Å²) in [5, 5.41) is 2.18. The number of rotatable bonds is 6. The summed E-state index contributed by atoms with van der Waals surface area (Å²) >= 11 is 0. The molecule has 2 aromatic rings. The second-order valence-corrected chi connectivity index (χ2v) is 7.94. The van der Waals surface area contributed by atoms with Crippen LogP contribution in [0.4, 0.5) is 13.2 Å². The van der Waals surface area contributed by atoms with Gasteiger partial charge in [-0.05, 0) is 36.1 Å². The molecule has 2 N–H and O–H groups in total. The minimum Gasteiger partial charge on any atom is -0.459 e. The Labute approximate surface area is 179 Å². The van der Waals surface area contributed by atoms with Gasteiger partial charge < -0.3 is 19.9 Å². The molecule has 3 rings (SSSR count). The second kappa shape index (κ2) is 10.4. The Morgan fingerprint density at radius 1 is 1.13 bits per heavy atom. The van der Waals surface area contributed by atoms with Gasteiger partial charge >= 0.3 is 12.1 Å². The highest BCUT2D eigenvalue weighted by atomic mass is 19.4. The molecule has 4 atom stereocenters. The highest BCUT2D eigenvalue weighted by Crippen LogP contribution is 2.27. The summed E-state index contributed by atoms with van der Waals surface area (Å²) in [6.45, 7) is 1.85. The van der Waals surface area contributed by atoms with E-state index in [0.717, 1.165) is 16.3 Å². The maximum absolute atomic E-state index is 12.5. The zero-order chi connectivity index (χ0) is 22.4. The number of carbonyl (C=O) groups is 1. The fourth-order valence-corrected chi connectivity index (χ4v) is 3.92. The molecule has 0 radical (unpaired) electrons. The van der Waals surface area contributed by atoms with E-state index in [9.17, 15) is 18.0 Å². The van der Waals surface area contributed by atoms with Gasteiger partial charge in [0.15, 0.2) is 0 Å². The third-order valence-electron chi connectivity index (χ3n) is 5.44. The normalized spacial score (nSPS) is 25.5. The van der Waals surface area contributed by atoms with Crippen molar-refractivity contribution in [3.8, 4) is 0 Å². The van der Waals surface area contributed by atoms with Gasteiger partial charge in [0.2, 0.25) is 0 Å². The van der Waals surface area contributed by atoms with Crippen LogP contribution in [-0.2, 0) is 25.4 Å². The van der Waals surface area contributed by atoms with Crippen LogP contribution in [0.25, 0.3) is 10.8 Å². The Balaban J connectivity index is 1.81. The smallest absolute Gasteiger partial charge is 0.389 e. The molecule has 4 unspecified atom stereocenters. The summed E-state index contributed by atoms with van der Waals surface area (Å²) in [4.78, 5) is 12.1. The lowest BCUT2D eigenvalue weighted by Crippen LogP contribution is -2.42. The lowest BCUT2D eigenvalue weighted by Gasteiger charge is -2.31. The number of hydrogen-bond acceptors (Lipinski definition) is 5. The lowest BCUT2D eigenvalue weighted by atomic mass is 9.89. The number of benzene rings is 2. The summed E-state index contributed by atoms with van der Waals surface area (Å²) in [5.74, 6) is -0.841. The lowest BCUT2D eigenvalue weighted by molar-refractivity contribution is -0.161. The van der Waals surface area contributed by atoms with Crippen LogP contribution in [0.2, 0.25) is 0 Å². The van der Waals surface area contributed by atoms with Crippen LogP contribution >= 0.6 is 0 Å². The summed E-state index contributed by atoms with van der Waals surface area (Å²) in [5.41, 5.74) is 6.87. The summed E-state index contributed by atoms with van der Waals surface area (Å²) in [7, 11) is 0. The molecule has 5 nitrogen and oxygen atoms in total. The number of alkyl halides is 3. The summed E-state index contributed by atoms with van der Waals surface area (Å²) < 4.78 is 54.6. The Bertz CT molecular complexity index is 868. The minimum absolute atomic E-state index is 0.0123. The number of ether oxygens (including phenoxy) is 3. The van der Waals surface area contributed by atoms with Gasteiger partial charge in [-0.1, -0.05) is 42.5 Å². The molecule has 2 aromatic carbocycles. The predicted molar refractivity (Wildman–Crippen MR) is 111 cm³/mol. The van der Waals surface area contributed by atoms with E-state index < -0.39 is 36.8 Å². The van der Waals surface area contributed by atoms with Crippen molar-refractivity contribution >= 4 is 16.7 Å². The monoisotopic (exact) mass is 439 g/mol. The topological polar surface area (TPSA) is 70.8 Å². The summed E-state index contributed by atoms with van der Waals surface area (Å²) in [6.07, 6.45) is -6.07. The third-order valence-corrected chi connectivity index (χ3v) is 5.44. The molecule has 0 spiro atoms. The molecule has 0 aliphatic carbocycles. The SMILES string of the molecule is CC1OC(=O)C(N)COCC(Cc2cccc3ccccc23)C1OCCCC(F)(F)F. The maximum atomic E-state index is 12.5. The van der Waals surface area contributed by atoms with Crippen molar-refractivity contribution in [2.45, 2.75) is 50.6 Å². The number of esters is 1. The Morgan fingerprint density at radius 2 is 1.87 bits per heavy atom. The number of carbonyl (C=O) groups excluding carboxylic acids is 1. The Kier molecular flexibility index (Phi) is 7.91. The van der Waals surface area contributed by atoms with E-state index in [-0.39, 0.29) is 32.2 Å². The van der Waals surface area contributed by atoms with Crippen molar-refractivity contribution in [2.24, 2.45) is 11.7 Å². The number of fused-ring (bicyclic) bond motifs is 1. The van der Waals surface area contributed by atoms with E-state index in [2.05, 4.69) is 0 Å². The fraction of sp³-hybridized carbons (Fsp3) is 0.522. The zero-order valence-corrected chi connectivity index (χ0v) is 17.4. The predicted octanol–water partition coefficient (Wildman–Crippen LogP) is 4.02. The number of halogens is 3. The molecule has 1 heterocycles. The van der Waals surface area contributed by atoms with Crippen molar-refractivity contribution in [3.63, 3.8) is 0 Å². The summed E-state index contributed by atoms with van der Waals surface area (Å²) in [6, 6.07) is 13.1. The molecule has 1 aliphatic heterocycles. The molecule has 0 amide bonds.